The summed E-state index contributed by atoms with van der Waals surface area (Å²) in [5, 5.41) is 4.08. The largest absolute Gasteiger partial charge is 0.384 e. The van der Waals surface area contributed by atoms with Gasteiger partial charge < -0.3 is 15.0 Å². The molecule has 1 atom stereocenters. The molecule has 1 aliphatic carbocycles. The number of rotatable bonds is 4. The second-order valence-electron chi connectivity index (χ2n) is 5.46. The Morgan fingerprint density at radius 3 is 2.76 bits per heavy atom. The Labute approximate surface area is 123 Å². The number of ether oxygens (including phenoxy) is 1. The molecular weight excluding hydrogens is 268 g/mol. The van der Waals surface area contributed by atoms with Gasteiger partial charge in [0.05, 0.1) is 0 Å². The molecule has 0 aliphatic heterocycles. The summed E-state index contributed by atoms with van der Waals surface area (Å²) in [5.74, 6) is 1.88. The van der Waals surface area contributed by atoms with E-state index in [9.17, 15) is 0 Å². The Morgan fingerprint density at radius 2 is 2.05 bits per heavy atom. The van der Waals surface area contributed by atoms with Crippen molar-refractivity contribution in [2.75, 3.05) is 12.8 Å². The van der Waals surface area contributed by atoms with E-state index in [1.807, 2.05) is 6.07 Å². The molecule has 1 fully saturated rings. The molecule has 0 bridgehead atoms. The number of anilines is 1. The molecule has 2 N–H and O–H groups in total. The number of nitrogen functional groups attached to an aromatic ring is 1. The second kappa shape index (κ2) is 6.22. The van der Waals surface area contributed by atoms with Gasteiger partial charge in [0.1, 0.15) is 17.6 Å². The summed E-state index contributed by atoms with van der Waals surface area (Å²) in [5.41, 5.74) is 6.27. The summed E-state index contributed by atoms with van der Waals surface area (Å²) in [7, 11) is 1.70. The molecule has 1 unspecified atom stereocenters. The quantitative estimate of drug-likeness (QED) is 0.930. The average Bonchev–Trinajstić information content (AvgIpc) is 2.99. The summed E-state index contributed by atoms with van der Waals surface area (Å²) in [6.45, 7) is 0. The lowest BCUT2D eigenvalue weighted by molar-refractivity contribution is 0.0274. The van der Waals surface area contributed by atoms with Crippen LogP contribution in [0.2, 0.25) is 0 Å². The number of nitrogens with two attached hydrogens (primary N) is 1. The molecule has 0 radical (unpaired) electrons. The van der Waals surface area contributed by atoms with E-state index in [1.54, 1.807) is 19.2 Å². The van der Waals surface area contributed by atoms with E-state index in [1.165, 1.54) is 19.3 Å². The molecule has 0 spiro atoms. The molecule has 21 heavy (non-hydrogen) atoms. The van der Waals surface area contributed by atoms with Gasteiger partial charge >= 0.3 is 0 Å². The summed E-state index contributed by atoms with van der Waals surface area (Å²) >= 11 is 0. The molecule has 0 saturated heterocycles. The van der Waals surface area contributed by atoms with Crippen molar-refractivity contribution in [2.24, 2.45) is 5.92 Å². The van der Waals surface area contributed by atoms with E-state index in [2.05, 4.69) is 15.1 Å². The molecule has 2 aromatic rings. The first kappa shape index (κ1) is 14.0. The van der Waals surface area contributed by atoms with Crippen molar-refractivity contribution in [3.63, 3.8) is 0 Å². The molecule has 1 saturated carbocycles. The maximum absolute atomic E-state index is 5.68. The van der Waals surface area contributed by atoms with Crippen molar-refractivity contribution in [1.29, 1.82) is 0 Å². The lowest BCUT2D eigenvalue weighted by Crippen LogP contribution is -2.19. The third-order valence-corrected chi connectivity index (χ3v) is 4.02. The van der Waals surface area contributed by atoms with Crippen LogP contribution in [0.3, 0.4) is 0 Å². The first-order valence-corrected chi connectivity index (χ1v) is 7.37. The third-order valence-electron chi connectivity index (χ3n) is 4.02. The molecule has 0 amide bonds. The van der Waals surface area contributed by atoms with Gasteiger partial charge in [-0.2, -0.15) is 4.98 Å². The van der Waals surface area contributed by atoms with E-state index >= 15 is 0 Å². The van der Waals surface area contributed by atoms with Gasteiger partial charge in [-0.1, -0.05) is 30.5 Å². The fraction of sp³-hybridized carbons (Fsp3) is 0.533. The summed E-state index contributed by atoms with van der Waals surface area (Å²) in [6, 6.07) is 5.34. The molecule has 3 rings (SSSR count). The van der Waals surface area contributed by atoms with Crippen LogP contribution in [0.5, 0.6) is 0 Å². The average molecular weight is 288 g/mol. The Morgan fingerprint density at radius 1 is 1.24 bits per heavy atom. The predicted molar refractivity (Wildman–Crippen MR) is 78.3 cm³/mol. The third kappa shape index (κ3) is 3.05. The van der Waals surface area contributed by atoms with Gasteiger partial charge in [0.2, 0.25) is 5.82 Å². The topological polar surface area (TPSA) is 87.1 Å². The molecule has 112 valence electrons. The highest BCUT2D eigenvalue weighted by molar-refractivity contribution is 5.49. The summed E-state index contributed by atoms with van der Waals surface area (Å²) in [4.78, 5) is 8.64. The van der Waals surface area contributed by atoms with Crippen LogP contribution in [-0.4, -0.2) is 22.2 Å². The van der Waals surface area contributed by atoms with Crippen molar-refractivity contribution in [3.05, 3.63) is 24.0 Å². The molecular formula is C15H20N4O2. The highest BCUT2D eigenvalue weighted by atomic mass is 16.5. The lowest BCUT2D eigenvalue weighted by atomic mass is 9.85. The zero-order valence-corrected chi connectivity index (χ0v) is 12.2. The Kier molecular flexibility index (Phi) is 4.15. The molecule has 6 heteroatoms. The SMILES string of the molecule is COC(c1noc(-c2cccc(N)n2)n1)C1CCCCC1. The fourth-order valence-corrected chi connectivity index (χ4v) is 2.97. The minimum atomic E-state index is -0.108. The van der Waals surface area contributed by atoms with E-state index in [0.717, 1.165) is 12.8 Å². The zero-order chi connectivity index (χ0) is 14.7. The fourth-order valence-electron chi connectivity index (χ4n) is 2.97. The standard InChI is InChI=1S/C15H20N4O2/c1-20-13(10-6-3-2-4-7-10)14-18-15(21-19-14)11-8-5-9-12(16)17-11/h5,8-10,13H,2-4,6-7H2,1H3,(H2,16,17). The summed E-state index contributed by atoms with van der Waals surface area (Å²) < 4.78 is 10.9. The Bertz CT molecular complexity index is 593. The van der Waals surface area contributed by atoms with Gasteiger partial charge in [-0.25, -0.2) is 4.98 Å². The van der Waals surface area contributed by atoms with Crippen LogP contribution in [0.15, 0.2) is 22.7 Å². The van der Waals surface area contributed by atoms with Crippen LogP contribution in [0.25, 0.3) is 11.6 Å². The van der Waals surface area contributed by atoms with Crippen LogP contribution in [0.1, 0.15) is 44.0 Å². The van der Waals surface area contributed by atoms with E-state index < -0.39 is 0 Å². The van der Waals surface area contributed by atoms with Crippen LogP contribution in [0, 0.1) is 5.92 Å². The van der Waals surface area contributed by atoms with Crippen LogP contribution >= 0.6 is 0 Å². The molecule has 2 aromatic heterocycles. The summed E-state index contributed by atoms with van der Waals surface area (Å²) in [6.07, 6.45) is 5.98. The smallest absolute Gasteiger partial charge is 0.276 e. The van der Waals surface area contributed by atoms with Crippen LogP contribution < -0.4 is 5.73 Å². The van der Waals surface area contributed by atoms with Gasteiger partial charge in [0.15, 0.2) is 0 Å². The Balaban J connectivity index is 1.82. The first-order valence-electron chi connectivity index (χ1n) is 7.37. The van der Waals surface area contributed by atoms with E-state index in [4.69, 9.17) is 15.0 Å². The first-order chi connectivity index (χ1) is 10.3. The van der Waals surface area contributed by atoms with Crippen molar-refractivity contribution in [3.8, 4) is 11.6 Å². The molecule has 2 heterocycles. The van der Waals surface area contributed by atoms with Crippen LogP contribution in [0.4, 0.5) is 5.82 Å². The highest BCUT2D eigenvalue weighted by Gasteiger charge is 2.29. The van der Waals surface area contributed by atoms with Gasteiger partial charge in [-0.15, -0.1) is 0 Å². The van der Waals surface area contributed by atoms with Gasteiger partial charge in [0.25, 0.3) is 5.89 Å². The molecule has 0 aromatic carbocycles. The van der Waals surface area contributed by atoms with Crippen molar-refractivity contribution < 1.29 is 9.26 Å². The van der Waals surface area contributed by atoms with E-state index in [-0.39, 0.29) is 6.10 Å². The van der Waals surface area contributed by atoms with Crippen molar-refractivity contribution in [2.45, 2.75) is 38.2 Å². The van der Waals surface area contributed by atoms with Crippen molar-refractivity contribution >= 4 is 5.82 Å². The van der Waals surface area contributed by atoms with Gasteiger partial charge in [-0.3, -0.25) is 0 Å². The monoisotopic (exact) mass is 288 g/mol. The minimum absolute atomic E-state index is 0.108. The normalized spacial score (nSPS) is 17.8. The van der Waals surface area contributed by atoms with Crippen LogP contribution in [-0.2, 0) is 4.74 Å². The second-order valence-corrected chi connectivity index (χ2v) is 5.46. The number of pyridine rings is 1. The van der Waals surface area contributed by atoms with Gasteiger partial charge in [0, 0.05) is 7.11 Å². The van der Waals surface area contributed by atoms with E-state index in [0.29, 0.717) is 29.1 Å². The molecule has 6 nitrogen and oxygen atoms in total. The highest BCUT2D eigenvalue weighted by Crippen LogP contribution is 2.35. The minimum Gasteiger partial charge on any atom is -0.384 e. The predicted octanol–water partition coefficient (Wildman–Crippen LogP) is 2.98. The van der Waals surface area contributed by atoms with Crippen molar-refractivity contribution in [1.82, 2.24) is 15.1 Å². The number of hydrogen-bond donors (Lipinski definition) is 1. The number of methoxy groups -OCH3 is 1. The number of aromatic nitrogens is 3. The Hall–Kier alpha value is -1.95. The lowest BCUT2D eigenvalue weighted by Gasteiger charge is -2.26. The number of hydrogen-bond acceptors (Lipinski definition) is 6. The maximum atomic E-state index is 5.68. The maximum Gasteiger partial charge on any atom is 0.276 e. The van der Waals surface area contributed by atoms with Gasteiger partial charge in [-0.05, 0) is 30.9 Å². The molecule has 1 aliphatic rings. The number of nitrogens with zero attached hydrogens (tertiary/aromatic N) is 3. The zero-order valence-electron chi connectivity index (χ0n) is 12.2.